The van der Waals surface area contributed by atoms with Crippen LogP contribution in [-0.4, -0.2) is 30.1 Å². The first-order valence-electron chi connectivity index (χ1n) is 4.99. The number of nitrogens with zero attached hydrogens (tertiary/aromatic N) is 1. The molecule has 0 spiro atoms. The molecule has 0 fully saturated rings. The lowest BCUT2D eigenvalue weighted by molar-refractivity contribution is 0.323. The number of nitrogens with two attached hydrogens (primary N) is 1. The Morgan fingerprint density at radius 2 is 2.13 bits per heavy atom. The van der Waals surface area contributed by atoms with E-state index >= 15 is 0 Å². The van der Waals surface area contributed by atoms with Crippen LogP contribution in [0.5, 0.6) is 5.75 Å². The highest BCUT2D eigenvalue weighted by molar-refractivity contribution is 5.28. The summed E-state index contributed by atoms with van der Waals surface area (Å²) in [6, 6.07) is 4.10. The topological polar surface area (TPSA) is 49.5 Å². The third-order valence-corrected chi connectivity index (χ3v) is 2.14. The smallest absolute Gasteiger partial charge is 0.127 e. The SMILES string of the molecule is CN(CCCN)Cc1cc(O)cc(F)c1. The zero-order valence-electron chi connectivity index (χ0n) is 8.91. The summed E-state index contributed by atoms with van der Waals surface area (Å²) in [5.41, 5.74) is 6.16. The van der Waals surface area contributed by atoms with E-state index in [1.807, 2.05) is 11.9 Å². The monoisotopic (exact) mass is 212 g/mol. The molecule has 4 heteroatoms. The van der Waals surface area contributed by atoms with Crippen molar-refractivity contribution in [3.8, 4) is 5.75 Å². The Morgan fingerprint density at radius 1 is 1.40 bits per heavy atom. The second kappa shape index (κ2) is 5.68. The Morgan fingerprint density at radius 3 is 2.73 bits per heavy atom. The lowest BCUT2D eigenvalue weighted by Crippen LogP contribution is -2.21. The van der Waals surface area contributed by atoms with E-state index in [-0.39, 0.29) is 5.75 Å². The number of aromatic hydroxyl groups is 1. The number of halogens is 1. The van der Waals surface area contributed by atoms with Gasteiger partial charge in [-0.3, -0.25) is 0 Å². The van der Waals surface area contributed by atoms with Crippen molar-refractivity contribution in [1.82, 2.24) is 4.90 Å². The Hall–Kier alpha value is -1.13. The van der Waals surface area contributed by atoms with Gasteiger partial charge in [-0.25, -0.2) is 4.39 Å². The molecule has 0 aromatic heterocycles. The van der Waals surface area contributed by atoms with E-state index < -0.39 is 5.82 Å². The summed E-state index contributed by atoms with van der Waals surface area (Å²) in [6.07, 6.45) is 0.914. The highest BCUT2D eigenvalue weighted by atomic mass is 19.1. The predicted molar refractivity (Wildman–Crippen MR) is 58.1 cm³/mol. The molecule has 0 aliphatic rings. The van der Waals surface area contributed by atoms with Crippen LogP contribution < -0.4 is 5.73 Å². The van der Waals surface area contributed by atoms with Gasteiger partial charge in [0.1, 0.15) is 11.6 Å². The molecule has 3 nitrogen and oxygen atoms in total. The Labute approximate surface area is 89.3 Å². The van der Waals surface area contributed by atoms with E-state index in [0.717, 1.165) is 24.6 Å². The molecule has 0 heterocycles. The second-order valence-electron chi connectivity index (χ2n) is 3.70. The van der Waals surface area contributed by atoms with Crippen molar-refractivity contribution < 1.29 is 9.50 Å². The van der Waals surface area contributed by atoms with Crippen LogP contribution in [0, 0.1) is 5.82 Å². The van der Waals surface area contributed by atoms with Gasteiger partial charge in [0.15, 0.2) is 0 Å². The zero-order valence-corrected chi connectivity index (χ0v) is 8.91. The minimum atomic E-state index is -0.405. The van der Waals surface area contributed by atoms with Crippen LogP contribution in [-0.2, 0) is 6.54 Å². The van der Waals surface area contributed by atoms with E-state index in [0.29, 0.717) is 13.1 Å². The molecule has 1 aromatic rings. The molecule has 0 saturated heterocycles. The minimum Gasteiger partial charge on any atom is -0.508 e. The first-order chi connectivity index (χ1) is 7.11. The van der Waals surface area contributed by atoms with Crippen molar-refractivity contribution >= 4 is 0 Å². The summed E-state index contributed by atoms with van der Waals surface area (Å²) < 4.78 is 12.9. The van der Waals surface area contributed by atoms with E-state index in [2.05, 4.69) is 0 Å². The Bertz CT molecular complexity index is 297. The molecule has 3 N–H and O–H groups in total. The van der Waals surface area contributed by atoms with Crippen LogP contribution in [0.2, 0.25) is 0 Å². The van der Waals surface area contributed by atoms with Gasteiger partial charge in [-0.2, -0.15) is 0 Å². The maximum absolute atomic E-state index is 12.9. The molecule has 15 heavy (non-hydrogen) atoms. The van der Waals surface area contributed by atoms with Crippen molar-refractivity contribution in [2.24, 2.45) is 5.73 Å². The summed E-state index contributed by atoms with van der Waals surface area (Å²) >= 11 is 0. The highest BCUT2D eigenvalue weighted by Crippen LogP contribution is 2.15. The van der Waals surface area contributed by atoms with Gasteiger partial charge in [0.2, 0.25) is 0 Å². The number of benzene rings is 1. The second-order valence-corrected chi connectivity index (χ2v) is 3.70. The van der Waals surface area contributed by atoms with Gasteiger partial charge >= 0.3 is 0 Å². The van der Waals surface area contributed by atoms with Crippen molar-refractivity contribution in [3.63, 3.8) is 0 Å². The maximum atomic E-state index is 12.9. The molecule has 0 atom stereocenters. The van der Waals surface area contributed by atoms with E-state index in [1.165, 1.54) is 6.07 Å². The van der Waals surface area contributed by atoms with Gasteiger partial charge in [-0.15, -0.1) is 0 Å². The first kappa shape index (κ1) is 11.9. The Kier molecular flexibility index (Phi) is 4.52. The molecule has 0 aliphatic heterocycles. The molecule has 1 rings (SSSR count). The largest absolute Gasteiger partial charge is 0.508 e. The van der Waals surface area contributed by atoms with Crippen LogP contribution >= 0.6 is 0 Å². The number of phenols is 1. The average molecular weight is 212 g/mol. The van der Waals surface area contributed by atoms with Crippen molar-refractivity contribution in [2.45, 2.75) is 13.0 Å². The number of hydrogen-bond acceptors (Lipinski definition) is 3. The average Bonchev–Trinajstić information content (AvgIpc) is 2.13. The van der Waals surface area contributed by atoms with Crippen LogP contribution in [0.4, 0.5) is 4.39 Å². The molecule has 0 bridgehead atoms. The summed E-state index contributed by atoms with van der Waals surface area (Å²) in [7, 11) is 1.94. The highest BCUT2D eigenvalue weighted by Gasteiger charge is 2.03. The normalized spacial score (nSPS) is 10.9. The van der Waals surface area contributed by atoms with Crippen LogP contribution in [0.1, 0.15) is 12.0 Å². The maximum Gasteiger partial charge on any atom is 0.127 e. The quantitative estimate of drug-likeness (QED) is 0.773. The van der Waals surface area contributed by atoms with Crippen molar-refractivity contribution in [3.05, 3.63) is 29.6 Å². The zero-order chi connectivity index (χ0) is 11.3. The number of hydrogen-bond donors (Lipinski definition) is 2. The van der Waals surface area contributed by atoms with E-state index in [4.69, 9.17) is 5.73 Å². The molecular formula is C11H17FN2O. The summed E-state index contributed by atoms with van der Waals surface area (Å²) in [6.45, 7) is 2.14. The third kappa shape index (κ3) is 4.27. The summed E-state index contributed by atoms with van der Waals surface area (Å²) in [5.74, 6) is -0.436. The Balaban J connectivity index is 2.56. The summed E-state index contributed by atoms with van der Waals surface area (Å²) in [5, 5.41) is 9.20. The number of phenolic OH excluding ortho intramolecular Hbond substituents is 1. The molecular weight excluding hydrogens is 195 g/mol. The van der Waals surface area contributed by atoms with Crippen LogP contribution in [0.15, 0.2) is 18.2 Å². The standard InChI is InChI=1S/C11H17FN2O/c1-14(4-2-3-13)8-9-5-10(12)7-11(15)6-9/h5-7,15H,2-4,8,13H2,1H3. The van der Waals surface area contributed by atoms with Gasteiger partial charge in [0, 0.05) is 12.6 Å². The van der Waals surface area contributed by atoms with Crippen molar-refractivity contribution in [2.75, 3.05) is 20.1 Å². The lowest BCUT2D eigenvalue weighted by atomic mass is 10.2. The molecule has 0 aliphatic carbocycles. The fourth-order valence-corrected chi connectivity index (χ4v) is 1.48. The minimum absolute atomic E-state index is 0.0303. The lowest BCUT2D eigenvalue weighted by Gasteiger charge is -2.16. The first-order valence-corrected chi connectivity index (χ1v) is 4.99. The number of rotatable bonds is 5. The molecule has 84 valence electrons. The van der Waals surface area contributed by atoms with E-state index in [1.54, 1.807) is 6.07 Å². The molecule has 1 aromatic carbocycles. The molecule has 0 radical (unpaired) electrons. The van der Waals surface area contributed by atoms with Gasteiger partial charge in [0.05, 0.1) is 0 Å². The van der Waals surface area contributed by atoms with E-state index in [9.17, 15) is 9.50 Å². The molecule has 0 amide bonds. The fourth-order valence-electron chi connectivity index (χ4n) is 1.48. The molecule has 0 unspecified atom stereocenters. The van der Waals surface area contributed by atoms with Gasteiger partial charge in [-0.05, 0) is 44.3 Å². The van der Waals surface area contributed by atoms with Crippen molar-refractivity contribution in [1.29, 1.82) is 0 Å². The fraction of sp³-hybridized carbons (Fsp3) is 0.455. The summed E-state index contributed by atoms with van der Waals surface area (Å²) in [4.78, 5) is 2.04. The third-order valence-electron chi connectivity index (χ3n) is 2.14. The van der Waals surface area contributed by atoms with Gasteiger partial charge in [-0.1, -0.05) is 0 Å². The van der Waals surface area contributed by atoms with Gasteiger partial charge < -0.3 is 15.7 Å². The van der Waals surface area contributed by atoms with Crippen LogP contribution in [0.25, 0.3) is 0 Å². The van der Waals surface area contributed by atoms with Crippen LogP contribution in [0.3, 0.4) is 0 Å². The molecule has 0 saturated carbocycles. The predicted octanol–water partition coefficient (Wildman–Crippen LogP) is 1.31. The van der Waals surface area contributed by atoms with Gasteiger partial charge in [0.25, 0.3) is 0 Å².